The quantitative estimate of drug-likeness (QED) is 0.709. The third-order valence-corrected chi connectivity index (χ3v) is 1.61. The van der Waals surface area contributed by atoms with Gasteiger partial charge in [-0.1, -0.05) is 0 Å². The Labute approximate surface area is 81.2 Å². The molecule has 74 valence electrons. The SMILES string of the molecule is Cc1nc(F)nc(N(C)CCC#N)n1. The molecule has 0 aromatic carbocycles. The van der Waals surface area contributed by atoms with E-state index in [0.29, 0.717) is 18.8 Å². The van der Waals surface area contributed by atoms with Gasteiger partial charge >= 0.3 is 6.08 Å². The first-order chi connectivity index (χ1) is 6.63. The fourth-order valence-electron chi connectivity index (χ4n) is 0.924. The number of aromatic nitrogens is 3. The number of aryl methyl sites for hydroxylation is 1. The Bertz CT molecular complexity index is 339. The second kappa shape index (κ2) is 4.46. The van der Waals surface area contributed by atoms with Crippen molar-refractivity contribution in [1.82, 2.24) is 15.0 Å². The molecule has 0 amide bonds. The first-order valence-electron chi connectivity index (χ1n) is 4.09. The van der Waals surface area contributed by atoms with Crippen LogP contribution in [0.3, 0.4) is 0 Å². The second-order valence-electron chi connectivity index (χ2n) is 2.78. The highest BCUT2D eigenvalue weighted by Crippen LogP contribution is 2.05. The molecule has 0 N–H and O–H groups in total. The molecule has 1 heterocycles. The van der Waals surface area contributed by atoms with Crippen LogP contribution in [0.2, 0.25) is 0 Å². The van der Waals surface area contributed by atoms with E-state index in [9.17, 15) is 4.39 Å². The van der Waals surface area contributed by atoms with Crippen molar-refractivity contribution >= 4 is 5.95 Å². The second-order valence-corrected chi connectivity index (χ2v) is 2.78. The summed E-state index contributed by atoms with van der Waals surface area (Å²) in [5, 5.41) is 8.37. The Balaban J connectivity index is 2.79. The summed E-state index contributed by atoms with van der Waals surface area (Å²) in [5.41, 5.74) is 0. The van der Waals surface area contributed by atoms with Crippen molar-refractivity contribution in [2.75, 3.05) is 18.5 Å². The van der Waals surface area contributed by atoms with Crippen molar-refractivity contribution in [1.29, 1.82) is 5.26 Å². The number of hydrogen-bond donors (Lipinski definition) is 0. The Hall–Kier alpha value is -1.77. The maximum Gasteiger partial charge on any atom is 0.313 e. The number of rotatable bonds is 3. The summed E-state index contributed by atoms with van der Waals surface area (Å²) in [6.45, 7) is 2.06. The highest BCUT2D eigenvalue weighted by atomic mass is 19.1. The molecule has 14 heavy (non-hydrogen) atoms. The lowest BCUT2D eigenvalue weighted by Crippen LogP contribution is -2.22. The van der Waals surface area contributed by atoms with Crippen LogP contribution in [0.15, 0.2) is 0 Å². The van der Waals surface area contributed by atoms with E-state index in [0.717, 1.165) is 0 Å². The normalized spacial score (nSPS) is 9.57. The van der Waals surface area contributed by atoms with Gasteiger partial charge < -0.3 is 4.90 Å². The lowest BCUT2D eigenvalue weighted by molar-refractivity contribution is 0.525. The van der Waals surface area contributed by atoms with E-state index in [1.165, 1.54) is 0 Å². The summed E-state index contributed by atoms with van der Waals surface area (Å²) >= 11 is 0. The van der Waals surface area contributed by atoms with Crippen LogP contribution in [-0.4, -0.2) is 28.5 Å². The molecule has 1 aromatic rings. The lowest BCUT2D eigenvalue weighted by atomic mass is 10.4. The molecule has 0 aliphatic carbocycles. The summed E-state index contributed by atoms with van der Waals surface area (Å²) in [4.78, 5) is 12.5. The minimum atomic E-state index is -0.795. The minimum absolute atomic E-state index is 0.255. The summed E-state index contributed by atoms with van der Waals surface area (Å²) in [7, 11) is 1.70. The van der Waals surface area contributed by atoms with E-state index in [1.54, 1.807) is 18.9 Å². The van der Waals surface area contributed by atoms with Gasteiger partial charge in [0.2, 0.25) is 5.95 Å². The number of nitrogens with zero attached hydrogens (tertiary/aromatic N) is 5. The van der Waals surface area contributed by atoms with Crippen LogP contribution >= 0.6 is 0 Å². The Morgan fingerprint density at radius 3 is 2.71 bits per heavy atom. The molecule has 0 atom stereocenters. The molecule has 0 aliphatic heterocycles. The van der Waals surface area contributed by atoms with Crippen molar-refractivity contribution in [2.24, 2.45) is 0 Å². The molecule has 0 radical (unpaired) electrons. The third kappa shape index (κ3) is 2.62. The van der Waals surface area contributed by atoms with E-state index < -0.39 is 6.08 Å². The molecule has 5 nitrogen and oxygen atoms in total. The topological polar surface area (TPSA) is 65.7 Å². The van der Waals surface area contributed by atoms with Crippen LogP contribution in [-0.2, 0) is 0 Å². The van der Waals surface area contributed by atoms with Crippen LogP contribution in [0.25, 0.3) is 0 Å². The third-order valence-electron chi connectivity index (χ3n) is 1.61. The summed E-state index contributed by atoms with van der Waals surface area (Å²) in [5.74, 6) is 0.585. The summed E-state index contributed by atoms with van der Waals surface area (Å²) < 4.78 is 12.8. The molecule has 0 spiro atoms. The van der Waals surface area contributed by atoms with Gasteiger partial charge in [-0.25, -0.2) is 0 Å². The molecule has 1 aromatic heterocycles. The number of anilines is 1. The van der Waals surface area contributed by atoms with E-state index >= 15 is 0 Å². The first kappa shape index (κ1) is 10.3. The zero-order chi connectivity index (χ0) is 10.6. The molecule has 0 saturated heterocycles. The number of hydrogen-bond acceptors (Lipinski definition) is 5. The van der Waals surface area contributed by atoms with Crippen molar-refractivity contribution in [3.8, 4) is 6.07 Å². The van der Waals surface area contributed by atoms with Crippen LogP contribution in [0, 0.1) is 24.3 Å². The highest BCUT2D eigenvalue weighted by Gasteiger charge is 2.07. The molecule has 0 unspecified atom stereocenters. The molecular formula is C8H10FN5. The maximum atomic E-state index is 12.8. The zero-order valence-electron chi connectivity index (χ0n) is 8.03. The average molecular weight is 195 g/mol. The van der Waals surface area contributed by atoms with Gasteiger partial charge in [-0.2, -0.15) is 24.6 Å². The Kier molecular flexibility index (Phi) is 3.29. The Morgan fingerprint density at radius 2 is 2.14 bits per heavy atom. The van der Waals surface area contributed by atoms with Crippen LogP contribution in [0.4, 0.5) is 10.3 Å². The average Bonchev–Trinajstić information content (AvgIpc) is 2.12. The van der Waals surface area contributed by atoms with E-state index in [2.05, 4.69) is 15.0 Å². The highest BCUT2D eigenvalue weighted by molar-refractivity contribution is 5.26. The molecule has 0 saturated carbocycles. The van der Waals surface area contributed by atoms with Gasteiger partial charge in [0, 0.05) is 13.6 Å². The summed E-state index contributed by atoms with van der Waals surface area (Å²) in [6, 6.07) is 1.99. The molecule has 0 bridgehead atoms. The molecule has 6 heteroatoms. The monoisotopic (exact) mass is 195 g/mol. The maximum absolute atomic E-state index is 12.8. The lowest BCUT2D eigenvalue weighted by Gasteiger charge is -2.14. The van der Waals surface area contributed by atoms with Gasteiger partial charge in [-0.3, -0.25) is 0 Å². The molecule has 0 fully saturated rings. The smallest absolute Gasteiger partial charge is 0.313 e. The van der Waals surface area contributed by atoms with Crippen molar-refractivity contribution in [2.45, 2.75) is 13.3 Å². The van der Waals surface area contributed by atoms with Gasteiger partial charge in [-0.05, 0) is 6.92 Å². The van der Waals surface area contributed by atoms with Gasteiger partial charge in [0.05, 0.1) is 12.5 Å². The van der Waals surface area contributed by atoms with E-state index in [1.807, 2.05) is 6.07 Å². The first-order valence-corrected chi connectivity index (χ1v) is 4.09. The molecule has 1 rings (SSSR count). The number of nitriles is 1. The minimum Gasteiger partial charge on any atom is -0.343 e. The van der Waals surface area contributed by atoms with Crippen molar-refractivity contribution < 1.29 is 4.39 Å². The predicted octanol–water partition coefficient (Wildman–Crippen LogP) is 0.669. The van der Waals surface area contributed by atoms with Gasteiger partial charge in [0.1, 0.15) is 5.82 Å². The van der Waals surface area contributed by atoms with Gasteiger partial charge in [-0.15, -0.1) is 0 Å². The van der Waals surface area contributed by atoms with Crippen molar-refractivity contribution in [3.05, 3.63) is 11.9 Å². The Morgan fingerprint density at radius 1 is 1.43 bits per heavy atom. The molecular weight excluding hydrogens is 185 g/mol. The molecule has 0 aliphatic rings. The zero-order valence-corrected chi connectivity index (χ0v) is 8.03. The standard InChI is InChI=1S/C8H10FN5/c1-6-11-7(9)13-8(12-6)14(2)5-3-4-10/h3,5H2,1-2H3. The predicted molar refractivity (Wildman–Crippen MR) is 48.0 cm³/mol. The van der Waals surface area contributed by atoms with Crippen LogP contribution < -0.4 is 4.90 Å². The fraction of sp³-hybridized carbons (Fsp3) is 0.500. The summed E-state index contributed by atoms with van der Waals surface area (Å²) in [6.07, 6.45) is -0.445. The fourth-order valence-corrected chi connectivity index (χ4v) is 0.924. The van der Waals surface area contributed by atoms with Crippen LogP contribution in [0.5, 0.6) is 0 Å². The number of halogens is 1. The van der Waals surface area contributed by atoms with Gasteiger partial charge in [0.25, 0.3) is 0 Å². The largest absolute Gasteiger partial charge is 0.343 e. The van der Waals surface area contributed by atoms with Gasteiger partial charge in [0.15, 0.2) is 0 Å². The van der Waals surface area contributed by atoms with E-state index in [4.69, 9.17) is 5.26 Å². The van der Waals surface area contributed by atoms with Crippen LogP contribution in [0.1, 0.15) is 12.2 Å². The van der Waals surface area contributed by atoms with Crippen molar-refractivity contribution in [3.63, 3.8) is 0 Å². The van der Waals surface area contributed by atoms with E-state index in [-0.39, 0.29) is 5.95 Å².